The molecule has 2 aliphatic heterocycles. The lowest BCUT2D eigenvalue weighted by Crippen LogP contribution is -2.39. The molecule has 146 valence electrons. The maximum Gasteiger partial charge on any atom is 0.254 e. The number of rotatable bonds is 4. The molecular formula is C22H27N5O. The number of benzene rings is 1. The minimum Gasteiger partial charge on any atom is -0.384 e. The van der Waals surface area contributed by atoms with Crippen LogP contribution in [-0.2, 0) is 0 Å². The zero-order valence-corrected chi connectivity index (χ0v) is 16.5. The van der Waals surface area contributed by atoms with Crippen molar-refractivity contribution < 1.29 is 4.79 Å². The fourth-order valence-electron chi connectivity index (χ4n) is 3.98. The summed E-state index contributed by atoms with van der Waals surface area (Å²) in [6.07, 6.45) is 6.50. The first-order chi connectivity index (χ1) is 13.5. The Balaban J connectivity index is 1.63. The predicted molar refractivity (Wildman–Crippen MR) is 112 cm³/mol. The van der Waals surface area contributed by atoms with Crippen LogP contribution >= 0.6 is 0 Å². The number of amides is 1. The second-order valence-corrected chi connectivity index (χ2v) is 7.87. The van der Waals surface area contributed by atoms with Crippen LogP contribution in [-0.4, -0.2) is 46.5 Å². The molecule has 0 aliphatic carbocycles. The molecule has 2 aromatic rings. The number of carbonyl (C=O) groups is 1. The molecule has 6 nitrogen and oxygen atoms in total. The second kappa shape index (κ2) is 7.62. The largest absolute Gasteiger partial charge is 0.384 e. The highest BCUT2D eigenvalue weighted by Gasteiger charge is 2.28. The highest BCUT2D eigenvalue weighted by atomic mass is 16.2. The molecule has 1 fully saturated rings. The normalized spacial score (nSPS) is 19.0. The summed E-state index contributed by atoms with van der Waals surface area (Å²) in [7, 11) is 0. The number of aromatic nitrogens is 2. The van der Waals surface area contributed by atoms with Gasteiger partial charge in [0.15, 0.2) is 0 Å². The molecule has 0 saturated carbocycles. The van der Waals surface area contributed by atoms with E-state index >= 15 is 0 Å². The first-order valence-electron chi connectivity index (χ1n) is 10.0. The summed E-state index contributed by atoms with van der Waals surface area (Å²) in [6, 6.07) is 9.57. The van der Waals surface area contributed by atoms with Crippen LogP contribution in [0.4, 0.5) is 11.8 Å². The Morgan fingerprint density at radius 3 is 2.71 bits per heavy atom. The molecule has 1 amide bonds. The monoisotopic (exact) mass is 377 g/mol. The Morgan fingerprint density at radius 1 is 1.18 bits per heavy atom. The van der Waals surface area contributed by atoms with Crippen LogP contribution in [0.3, 0.4) is 0 Å². The van der Waals surface area contributed by atoms with E-state index < -0.39 is 0 Å². The number of hydrogen-bond donors (Lipinski definition) is 1. The summed E-state index contributed by atoms with van der Waals surface area (Å²) >= 11 is 0. The number of hydrogen-bond acceptors (Lipinski definition) is 5. The molecule has 0 spiro atoms. The summed E-state index contributed by atoms with van der Waals surface area (Å²) < 4.78 is 0. The van der Waals surface area contributed by atoms with Crippen molar-refractivity contribution >= 4 is 17.7 Å². The fourth-order valence-corrected chi connectivity index (χ4v) is 3.98. The Kier molecular flexibility index (Phi) is 5.03. The molecule has 6 heteroatoms. The lowest BCUT2D eigenvalue weighted by molar-refractivity contribution is 0.0720. The molecule has 4 rings (SSSR count). The van der Waals surface area contributed by atoms with Crippen molar-refractivity contribution in [2.24, 2.45) is 5.92 Å². The maximum atomic E-state index is 13.1. The third-order valence-electron chi connectivity index (χ3n) is 5.47. The minimum absolute atomic E-state index is 0.0485. The first-order valence-corrected chi connectivity index (χ1v) is 10.0. The van der Waals surface area contributed by atoms with Gasteiger partial charge < -0.3 is 15.5 Å². The van der Waals surface area contributed by atoms with Gasteiger partial charge in [0.1, 0.15) is 5.82 Å². The summed E-state index contributed by atoms with van der Waals surface area (Å²) in [5.41, 5.74) is 8.36. The van der Waals surface area contributed by atoms with Crippen molar-refractivity contribution in [3.63, 3.8) is 0 Å². The molecule has 1 aromatic carbocycles. The number of nitrogens with two attached hydrogens (primary N) is 1. The smallest absolute Gasteiger partial charge is 0.254 e. The molecule has 1 aromatic heterocycles. The highest BCUT2D eigenvalue weighted by Crippen LogP contribution is 2.26. The predicted octanol–water partition coefficient (Wildman–Crippen LogP) is 3.36. The van der Waals surface area contributed by atoms with Crippen LogP contribution in [0.2, 0.25) is 0 Å². The number of nitrogens with zero attached hydrogens (tertiary/aromatic N) is 4. The lowest BCUT2D eigenvalue weighted by Gasteiger charge is -2.27. The van der Waals surface area contributed by atoms with Crippen molar-refractivity contribution in [3.8, 4) is 11.3 Å². The number of anilines is 2. The summed E-state index contributed by atoms with van der Waals surface area (Å²) in [5.74, 6) is 1.56. The van der Waals surface area contributed by atoms with Gasteiger partial charge in [-0.3, -0.25) is 4.79 Å². The van der Waals surface area contributed by atoms with Gasteiger partial charge in [-0.2, -0.15) is 4.98 Å². The van der Waals surface area contributed by atoms with E-state index in [1.54, 1.807) is 6.07 Å². The lowest BCUT2D eigenvalue weighted by atomic mass is 10.0. The maximum absolute atomic E-state index is 13.1. The molecule has 0 bridgehead atoms. The summed E-state index contributed by atoms with van der Waals surface area (Å²) in [5, 5.41) is 0. The molecular weight excluding hydrogens is 350 g/mol. The van der Waals surface area contributed by atoms with Crippen LogP contribution in [0.1, 0.15) is 37.0 Å². The van der Waals surface area contributed by atoms with Crippen molar-refractivity contribution in [2.75, 3.05) is 30.3 Å². The van der Waals surface area contributed by atoms with Crippen LogP contribution in [0.15, 0.2) is 42.5 Å². The Morgan fingerprint density at radius 2 is 1.96 bits per heavy atom. The zero-order valence-electron chi connectivity index (χ0n) is 16.5. The highest BCUT2D eigenvalue weighted by molar-refractivity contribution is 5.96. The molecule has 28 heavy (non-hydrogen) atoms. The van der Waals surface area contributed by atoms with Gasteiger partial charge in [0, 0.05) is 36.8 Å². The van der Waals surface area contributed by atoms with E-state index in [-0.39, 0.29) is 11.9 Å². The molecule has 2 aliphatic rings. The van der Waals surface area contributed by atoms with E-state index in [2.05, 4.69) is 35.9 Å². The van der Waals surface area contributed by atoms with E-state index in [1.807, 2.05) is 29.2 Å². The molecule has 2 N–H and O–H groups in total. The standard InChI is InChI=1S/C22H27N5O/c1-15(2)19-9-6-12-27(19)21(28)17-8-5-7-16(13-17)18-14-20(23)25-22(24-18)26-10-3-4-11-26/h5-9,13-15,19H,3-4,10-12H2,1-2H3,(H2,23,24,25)/t19-/m1/s1. The van der Waals surface area contributed by atoms with Crippen molar-refractivity contribution in [3.05, 3.63) is 48.0 Å². The van der Waals surface area contributed by atoms with E-state index in [4.69, 9.17) is 10.7 Å². The Labute approximate surface area is 166 Å². The Hall–Kier alpha value is -2.89. The van der Waals surface area contributed by atoms with Gasteiger partial charge in [-0.1, -0.05) is 38.1 Å². The van der Waals surface area contributed by atoms with Gasteiger partial charge in [-0.25, -0.2) is 4.98 Å². The topological polar surface area (TPSA) is 75.3 Å². The Bertz CT molecular complexity index is 902. The molecule has 1 atom stereocenters. The number of carbonyl (C=O) groups excluding carboxylic acids is 1. The van der Waals surface area contributed by atoms with Crippen molar-refractivity contribution in [2.45, 2.75) is 32.7 Å². The quantitative estimate of drug-likeness (QED) is 0.827. The van der Waals surface area contributed by atoms with Crippen LogP contribution < -0.4 is 10.6 Å². The van der Waals surface area contributed by atoms with Gasteiger partial charge in [0.05, 0.1) is 11.7 Å². The van der Waals surface area contributed by atoms with E-state index in [0.29, 0.717) is 29.8 Å². The second-order valence-electron chi connectivity index (χ2n) is 7.87. The molecule has 0 unspecified atom stereocenters. The van der Waals surface area contributed by atoms with Gasteiger partial charge in [-0.05, 0) is 30.9 Å². The average molecular weight is 377 g/mol. The molecule has 1 saturated heterocycles. The van der Waals surface area contributed by atoms with E-state index in [9.17, 15) is 4.79 Å². The SMILES string of the molecule is CC(C)[C@H]1C=CCN1C(=O)c1cccc(-c2cc(N)nc(N3CCCC3)n2)c1. The van der Waals surface area contributed by atoms with Gasteiger partial charge in [0.25, 0.3) is 5.91 Å². The minimum atomic E-state index is 0.0485. The van der Waals surface area contributed by atoms with Crippen molar-refractivity contribution in [1.82, 2.24) is 14.9 Å². The first kappa shape index (κ1) is 18.5. The van der Waals surface area contributed by atoms with Crippen LogP contribution in [0, 0.1) is 5.92 Å². The van der Waals surface area contributed by atoms with Gasteiger partial charge >= 0.3 is 0 Å². The van der Waals surface area contributed by atoms with Crippen LogP contribution in [0.25, 0.3) is 11.3 Å². The zero-order chi connectivity index (χ0) is 19.7. The third kappa shape index (κ3) is 3.59. The van der Waals surface area contributed by atoms with E-state index in [1.165, 1.54) is 0 Å². The van der Waals surface area contributed by atoms with Gasteiger partial charge in [-0.15, -0.1) is 0 Å². The third-order valence-corrected chi connectivity index (χ3v) is 5.47. The average Bonchev–Trinajstić information content (AvgIpc) is 3.39. The van der Waals surface area contributed by atoms with Gasteiger partial charge in [0.2, 0.25) is 5.95 Å². The van der Waals surface area contributed by atoms with E-state index in [0.717, 1.165) is 37.2 Å². The summed E-state index contributed by atoms with van der Waals surface area (Å²) in [6.45, 7) is 6.85. The van der Waals surface area contributed by atoms with Crippen molar-refractivity contribution in [1.29, 1.82) is 0 Å². The summed E-state index contributed by atoms with van der Waals surface area (Å²) in [4.78, 5) is 26.3. The molecule has 0 radical (unpaired) electrons. The molecule has 3 heterocycles. The fraction of sp³-hybridized carbons (Fsp3) is 0.409. The number of nitrogen functional groups attached to an aromatic ring is 1. The van der Waals surface area contributed by atoms with Crippen LogP contribution in [0.5, 0.6) is 0 Å².